The van der Waals surface area contributed by atoms with Gasteiger partial charge in [-0.15, -0.1) is 0 Å². The molecule has 3 rings (SSSR count). The van der Waals surface area contributed by atoms with Crippen LogP contribution in [-0.2, 0) is 9.53 Å². The molecule has 5 nitrogen and oxygen atoms in total. The molecule has 1 fully saturated rings. The summed E-state index contributed by atoms with van der Waals surface area (Å²) in [6, 6.07) is 5.68. The molecule has 2 atom stereocenters. The van der Waals surface area contributed by atoms with E-state index in [1.807, 2.05) is 37.3 Å². The van der Waals surface area contributed by atoms with Gasteiger partial charge in [-0.2, -0.15) is 0 Å². The van der Waals surface area contributed by atoms with Crippen molar-refractivity contribution in [2.75, 3.05) is 14.2 Å². The highest BCUT2D eigenvalue weighted by atomic mass is 16.6. The van der Waals surface area contributed by atoms with E-state index in [2.05, 4.69) is 4.99 Å². The molecule has 2 aliphatic rings. The maximum atomic E-state index is 12.2. The molecule has 120 valence electrons. The van der Waals surface area contributed by atoms with Crippen molar-refractivity contribution in [3.05, 3.63) is 48.1 Å². The summed E-state index contributed by atoms with van der Waals surface area (Å²) >= 11 is 0. The fraction of sp³-hybridized carbons (Fsp3) is 0.333. The number of methoxy groups -OCH3 is 2. The number of benzene rings is 1. The molecule has 0 N–H and O–H groups in total. The zero-order valence-corrected chi connectivity index (χ0v) is 13.4. The van der Waals surface area contributed by atoms with Crippen LogP contribution >= 0.6 is 0 Å². The number of nitrogens with zero attached hydrogens (tertiary/aromatic N) is 1. The summed E-state index contributed by atoms with van der Waals surface area (Å²) in [7, 11) is 3.19. The third kappa shape index (κ3) is 2.63. The van der Waals surface area contributed by atoms with Crippen LogP contribution in [0.4, 0.5) is 0 Å². The number of ether oxygens (including phenoxy) is 3. The first-order valence-corrected chi connectivity index (χ1v) is 7.48. The lowest BCUT2D eigenvalue weighted by Crippen LogP contribution is -2.18. The number of hydrogen-bond acceptors (Lipinski definition) is 5. The van der Waals surface area contributed by atoms with Gasteiger partial charge in [0, 0.05) is 12.0 Å². The lowest BCUT2D eigenvalue weighted by molar-refractivity contribution is -0.135. The second-order valence-electron chi connectivity index (χ2n) is 5.52. The van der Waals surface area contributed by atoms with E-state index in [0.717, 1.165) is 5.56 Å². The van der Waals surface area contributed by atoms with E-state index in [0.29, 0.717) is 23.8 Å². The molecule has 0 radical (unpaired) electrons. The summed E-state index contributed by atoms with van der Waals surface area (Å²) < 4.78 is 15.8. The van der Waals surface area contributed by atoms with Crippen LogP contribution < -0.4 is 9.47 Å². The van der Waals surface area contributed by atoms with E-state index < -0.39 is 5.54 Å². The quantitative estimate of drug-likeness (QED) is 0.619. The molecule has 1 heterocycles. The number of allylic oxidation sites excluding steroid dienone is 3. The minimum Gasteiger partial charge on any atom is -0.493 e. The molecule has 1 aromatic carbocycles. The first kappa shape index (κ1) is 15.3. The van der Waals surface area contributed by atoms with Gasteiger partial charge in [-0.05, 0) is 31.0 Å². The van der Waals surface area contributed by atoms with Crippen molar-refractivity contribution < 1.29 is 19.0 Å². The first-order chi connectivity index (χ1) is 11.1. The molecule has 1 aliphatic carbocycles. The molecule has 0 saturated heterocycles. The summed E-state index contributed by atoms with van der Waals surface area (Å²) in [5.41, 5.74) is 0.233. The van der Waals surface area contributed by atoms with Crippen molar-refractivity contribution in [3.8, 4) is 11.5 Å². The summed E-state index contributed by atoms with van der Waals surface area (Å²) in [6.07, 6.45) is 7.92. The molecule has 1 aromatic rings. The van der Waals surface area contributed by atoms with E-state index in [4.69, 9.17) is 14.2 Å². The number of cyclic esters (lactones) is 1. The van der Waals surface area contributed by atoms with Gasteiger partial charge in [0.05, 0.1) is 14.2 Å². The molecule has 23 heavy (non-hydrogen) atoms. The van der Waals surface area contributed by atoms with E-state index in [-0.39, 0.29) is 11.9 Å². The van der Waals surface area contributed by atoms with Crippen LogP contribution in [0.25, 0.3) is 0 Å². The Balaban J connectivity index is 1.84. The Labute approximate surface area is 135 Å². The topological polar surface area (TPSA) is 57.1 Å². The minimum absolute atomic E-state index is 0.0161. The van der Waals surface area contributed by atoms with Gasteiger partial charge in [0.25, 0.3) is 0 Å². The van der Waals surface area contributed by atoms with E-state index in [1.165, 1.54) is 0 Å². The van der Waals surface area contributed by atoms with Crippen LogP contribution in [0.1, 0.15) is 24.8 Å². The second-order valence-corrected chi connectivity index (χ2v) is 5.52. The van der Waals surface area contributed by atoms with Gasteiger partial charge in [0.15, 0.2) is 17.0 Å². The second kappa shape index (κ2) is 5.91. The lowest BCUT2D eigenvalue weighted by Gasteiger charge is -2.10. The fourth-order valence-electron chi connectivity index (χ4n) is 2.83. The number of carbonyl (C=O) groups excluding carboxylic acids is 1. The maximum absolute atomic E-state index is 12.2. The Morgan fingerprint density at radius 1 is 1.26 bits per heavy atom. The van der Waals surface area contributed by atoms with Gasteiger partial charge in [-0.25, -0.2) is 9.79 Å². The van der Waals surface area contributed by atoms with Crippen LogP contribution in [0.5, 0.6) is 11.5 Å². The molecule has 0 aromatic heterocycles. The number of esters is 1. The lowest BCUT2D eigenvalue weighted by atomic mass is 10.1. The molecule has 1 aliphatic heterocycles. The number of hydrogen-bond donors (Lipinski definition) is 0. The Hall–Kier alpha value is -2.56. The van der Waals surface area contributed by atoms with Crippen LogP contribution in [-0.4, -0.2) is 31.6 Å². The molecule has 0 bridgehead atoms. The number of aliphatic imine (C=N–C) groups is 1. The minimum atomic E-state index is -0.769. The number of rotatable bonds is 5. The predicted octanol–water partition coefficient (Wildman–Crippen LogP) is 3.02. The molecule has 5 heteroatoms. The normalized spacial score (nSPS) is 26.0. The van der Waals surface area contributed by atoms with E-state index in [1.54, 1.807) is 26.4 Å². The SMILES string of the molecule is C/C=C/C=C/C1=N[C@@]2(C[C@@H]2c2ccc(OC)c(OC)c2)C(=O)O1. The van der Waals surface area contributed by atoms with Gasteiger partial charge in [0.1, 0.15) is 0 Å². The van der Waals surface area contributed by atoms with Gasteiger partial charge < -0.3 is 14.2 Å². The summed E-state index contributed by atoms with van der Waals surface area (Å²) in [6.45, 7) is 1.92. The van der Waals surface area contributed by atoms with Gasteiger partial charge in [0.2, 0.25) is 5.90 Å². The Bertz CT molecular complexity index is 720. The van der Waals surface area contributed by atoms with Crippen molar-refractivity contribution in [1.29, 1.82) is 0 Å². The molecule has 1 saturated carbocycles. The van der Waals surface area contributed by atoms with Crippen LogP contribution in [0.2, 0.25) is 0 Å². The highest BCUT2D eigenvalue weighted by Gasteiger charge is 2.65. The van der Waals surface area contributed by atoms with Crippen LogP contribution in [0.3, 0.4) is 0 Å². The maximum Gasteiger partial charge on any atom is 0.341 e. The summed E-state index contributed by atoms with van der Waals surface area (Å²) in [4.78, 5) is 16.7. The third-order valence-electron chi connectivity index (χ3n) is 4.14. The molecule has 0 unspecified atom stereocenters. The van der Waals surface area contributed by atoms with E-state index >= 15 is 0 Å². The van der Waals surface area contributed by atoms with Crippen LogP contribution in [0.15, 0.2) is 47.5 Å². The van der Waals surface area contributed by atoms with Gasteiger partial charge >= 0.3 is 5.97 Å². The Morgan fingerprint density at radius 3 is 2.74 bits per heavy atom. The van der Waals surface area contributed by atoms with Crippen molar-refractivity contribution >= 4 is 11.9 Å². The highest BCUT2D eigenvalue weighted by Crippen LogP contribution is 2.58. The largest absolute Gasteiger partial charge is 0.493 e. The predicted molar refractivity (Wildman–Crippen MR) is 87.1 cm³/mol. The standard InChI is InChI=1S/C18H19NO4/c1-4-5-6-7-16-19-18(17(20)23-16)11-13(18)12-8-9-14(21-2)15(10-12)22-3/h4-10,13H,11H2,1-3H3/b5-4+,7-6+/t13-,18-/m1/s1. The number of carbonyl (C=O) groups is 1. The molecular weight excluding hydrogens is 294 g/mol. The van der Waals surface area contributed by atoms with Gasteiger partial charge in [-0.1, -0.05) is 24.3 Å². The van der Waals surface area contributed by atoms with E-state index in [9.17, 15) is 4.79 Å². The molecule has 1 spiro atoms. The van der Waals surface area contributed by atoms with Gasteiger partial charge in [-0.3, -0.25) is 0 Å². The highest BCUT2D eigenvalue weighted by molar-refractivity contribution is 6.07. The third-order valence-corrected chi connectivity index (χ3v) is 4.14. The van der Waals surface area contributed by atoms with Crippen molar-refractivity contribution in [2.24, 2.45) is 4.99 Å². The molecular formula is C18H19NO4. The Kier molecular flexibility index (Phi) is 3.94. The average Bonchev–Trinajstić information content (AvgIpc) is 3.20. The molecule has 0 amide bonds. The summed E-state index contributed by atoms with van der Waals surface area (Å²) in [5, 5.41) is 0. The fourth-order valence-corrected chi connectivity index (χ4v) is 2.83. The monoisotopic (exact) mass is 313 g/mol. The zero-order valence-electron chi connectivity index (χ0n) is 13.4. The van der Waals surface area contributed by atoms with Crippen LogP contribution in [0, 0.1) is 0 Å². The average molecular weight is 313 g/mol. The first-order valence-electron chi connectivity index (χ1n) is 7.48. The smallest absolute Gasteiger partial charge is 0.341 e. The van der Waals surface area contributed by atoms with Crippen molar-refractivity contribution in [3.63, 3.8) is 0 Å². The summed E-state index contributed by atoms with van der Waals surface area (Å²) in [5.74, 6) is 1.42. The van der Waals surface area contributed by atoms with Crippen molar-refractivity contribution in [1.82, 2.24) is 0 Å². The zero-order chi connectivity index (χ0) is 16.4. The van der Waals surface area contributed by atoms with Crippen molar-refractivity contribution in [2.45, 2.75) is 24.8 Å². The Morgan fingerprint density at radius 2 is 2.04 bits per heavy atom.